The van der Waals surface area contributed by atoms with Gasteiger partial charge in [0.1, 0.15) is 17.2 Å². The summed E-state index contributed by atoms with van der Waals surface area (Å²) in [5, 5.41) is 6.77. The molecule has 0 bridgehead atoms. The fourth-order valence-corrected chi connectivity index (χ4v) is 2.57. The molecule has 1 heterocycles. The van der Waals surface area contributed by atoms with Crippen molar-refractivity contribution in [1.82, 2.24) is 10.1 Å². The standard InChI is InChI=1S/C20H21N3O5/c1-25-14-6-4-5-13(11-14)20-22-19(28-23-20)10-9-18(24)21-16-8-7-15(26-2)12-17(16)27-3/h4-8,11-12H,9-10H2,1-3H3,(H,21,24). The first-order valence-electron chi connectivity index (χ1n) is 8.62. The number of benzene rings is 2. The molecule has 28 heavy (non-hydrogen) atoms. The van der Waals surface area contributed by atoms with Crippen LogP contribution in [0.2, 0.25) is 0 Å². The van der Waals surface area contributed by atoms with Crippen molar-refractivity contribution < 1.29 is 23.5 Å². The van der Waals surface area contributed by atoms with E-state index in [9.17, 15) is 4.79 Å². The summed E-state index contributed by atoms with van der Waals surface area (Å²) in [6, 6.07) is 12.5. The highest BCUT2D eigenvalue weighted by Gasteiger charge is 2.13. The monoisotopic (exact) mass is 383 g/mol. The van der Waals surface area contributed by atoms with Crippen LogP contribution in [-0.2, 0) is 11.2 Å². The zero-order valence-electron chi connectivity index (χ0n) is 15.9. The number of anilines is 1. The number of aromatic nitrogens is 2. The highest BCUT2D eigenvalue weighted by molar-refractivity contribution is 5.92. The predicted octanol–water partition coefficient (Wildman–Crippen LogP) is 3.33. The second kappa shape index (κ2) is 8.90. The van der Waals surface area contributed by atoms with Crippen molar-refractivity contribution in [3.8, 4) is 28.6 Å². The summed E-state index contributed by atoms with van der Waals surface area (Å²) >= 11 is 0. The number of carbonyl (C=O) groups excluding carboxylic acids is 1. The highest BCUT2D eigenvalue weighted by Crippen LogP contribution is 2.29. The second-order valence-corrected chi connectivity index (χ2v) is 5.86. The van der Waals surface area contributed by atoms with E-state index in [1.54, 1.807) is 32.4 Å². The zero-order valence-corrected chi connectivity index (χ0v) is 15.9. The lowest BCUT2D eigenvalue weighted by molar-refractivity contribution is -0.116. The summed E-state index contributed by atoms with van der Waals surface area (Å²) in [4.78, 5) is 16.6. The summed E-state index contributed by atoms with van der Waals surface area (Å²) < 4.78 is 20.9. The summed E-state index contributed by atoms with van der Waals surface area (Å²) in [7, 11) is 4.69. The minimum absolute atomic E-state index is 0.189. The van der Waals surface area contributed by atoms with Crippen LogP contribution in [-0.4, -0.2) is 37.4 Å². The average molecular weight is 383 g/mol. The molecule has 0 saturated carbocycles. The van der Waals surface area contributed by atoms with Gasteiger partial charge in [-0.05, 0) is 24.3 Å². The van der Waals surface area contributed by atoms with Gasteiger partial charge in [-0.25, -0.2) is 0 Å². The van der Waals surface area contributed by atoms with Crippen LogP contribution in [0.25, 0.3) is 11.4 Å². The molecule has 0 radical (unpaired) electrons. The van der Waals surface area contributed by atoms with Crippen molar-refractivity contribution in [2.45, 2.75) is 12.8 Å². The van der Waals surface area contributed by atoms with E-state index in [2.05, 4.69) is 15.5 Å². The molecule has 0 unspecified atom stereocenters. The Hall–Kier alpha value is -3.55. The third kappa shape index (κ3) is 4.59. The Labute approximate surface area is 162 Å². The molecular formula is C20H21N3O5. The molecule has 0 aliphatic rings. The Kier molecular flexibility index (Phi) is 6.11. The molecule has 8 heteroatoms. The van der Waals surface area contributed by atoms with E-state index in [0.29, 0.717) is 41.1 Å². The molecule has 3 aromatic rings. The minimum atomic E-state index is -0.190. The van der Waals surface area contributed by atoms with Gasteiger partial charge in [0, 0.05) is 24.5 Å². The van der Waals surface area contributed by atoms with Crippen LogP contribution in [0.15, 0.2) is 47.0 Å². The van der Waals surface area contributed by atoms with Crippen molar-refractivity contribution in [1.29, 1.82) is 0 Å². The number of hydrogen-bond donors (Lipinski definition) is 1. The van der Waals surface area contributed by atoms with E-state index < -0.39 is 0 Å². The SMILES string of the molecule is COc1cccc(-c2noc(CCC(=O)Nc3ccc(OC)cc3OC)n2)c1. The Balaban J connectivity index is 1.60. The largest absolute Gasteiger partial charge is 0.497 e. The van der Waals surface area contributed by atoms with Gasteiger partial charge < -0.3 is 24.1 Å². The topological polar surface area (TPSA) is 95.7 Å². The van der Waals surface area contributed by atoms with Gasteiger partial charge >= 0.3 is 0 Å². The van der Waals surface area contributed by atoms with Crippen molar-refractivity contribution in [3.63, 3.8) is 0 Å². The van der Waals surface area contributed by atoms with Gasteiger partial charge in [-0.3, -0.25) is 4.79 Å². The Bertz CT molecular complexity index is 955. The van der Waals surface area contributed by atoms with Crippen LogP contribution in [0.5, 0.6) is 17.2 Å². The number of nitrogens with zero attached hydrogens (tertiary/aromatic N) is 2. The van der Waals surface area contributed by atoms with Crippen molar-refractivity contribution in [3.05, 3.63) is 48.4 Å². The van der Waals surface area contributed by atoms with Gasteiger partial charge in [0.15, 0.2) is 0 Å². The number of methoxy groups -OCH3 is 3. The van der Waals surface area contributed by atoms with E-state index in [0.717, 1.165) is 5.56 Å². The zero-order chi connectivity index (χ0) is 19.9. The molecule has 8 nitrogen and oxygen atoms in total. The number of nitrogens with one attached hydrogen (secondary N) is 1. The normalized spacial score (nSPS) is 10.4. The molecule has 0 aliphatic heterocycles. The Morgan fingerprint density at radius 3 is 2.57 bits per heavy atom. The fraction of sp³-hybridized carbons (Fsp3) is 0.250. The van der Waals surface area contributed by atoms with Crippen LogP contribution in [0.3, 0.4) is 0 Å². The fourth-order valence-electron chi connectivity index (χ4n) is 2.57. The maximum atomic E-state index is 12.3. The van der Waals surface area contributed by atoms with E-state index in [1.807, 2.05) is 24.3 Å². The number of amides is 1. The molecule has 0 aliphatic carbocycles. The summed E-state index contributed by atoms with van der Waals surface area (Å²) in [6.07, 6.45) is 0.510. The maximum Gasteiger partial charge on any atom is 0.227 e. The lowest BCUT2D eigenvalue weighted by Crippen LogP contribution is -2.13. The molecule has 1 amide bonds. The van der Waals surface area contributed by atoms with Crippen molar-refractivity contribution >= 4 is 11.6 Å². The summed E-state index contributed by atoms with van der Waals surface area (Å²) in [6.45, 7) is 0. The molecule has 1 aromatic heterocycles. The number of rotatable bonds is 8. The number of ether oxygens (including phenoxy) is 3. The third-order valence-electron chi connectivity index (χ3n) is 4.04. The predicted molar refractivity (Wildman–Crippen MR) is 103 cm³/mol. The smallest absolute Gasteiger partial charge is 0.227 e. The molecular weight excluding hydrogens is 362 g/mol. The van der Waals surface area contributed by atoms with Crippen LogP contribution < -0.4 is 19.5 Å². The lowest BCUT2D eigenvalue weighted by Gasteiger charge is -2.11. The maximum absolute atomic E-state index is 12.3. The second-order valence-electron chi connectivity index (χ2n) is 5.86. The molecule has 0 atom stereocenters. The van der Waals surface area contributed by atoms with Crippen LogP contribution in [0, 0.1) is 0 Å². The van der Waals surface area contributed by atoms with Gasteiger partial charge in [0.2, 0.25) is 17.6 Å². The third-order valence-corrected chi connectivity index (χ3v) is 4.04. The van der Waals surface area contributed by atoms with Crippen LogP contribution >= 0.6 is 0 Å². The minimum Gasteiger partial charge on any atom is -0.497 e. The summed E-state index contributed by atoms with van der Waals surface area (Å²) in [5.74, 6) is 2.51. The summed E-state index contributed by atoms with van der Waals surface area (Å²) in [5.41, 5.74) is 1.35. The molecule has 3 rings (SSSR count). The first-order chi connectivity index (χ1) is 13.6. The number of carbonyl (C=O) groups is 1. The van der Waals surface area contributed by atoms with Crippen LogP contribution in [0.4, 0.5) is 5.69 Å². The van der Waals surface area contributed by atoms with Gasteiger partial charge in [-0.2, -0.15) is 4.98 Å². The van der Waals surface area contributed by atoms with Crippen molar-refractivity contribution in [2.75, 3.05) is 26.6 Å². The van der Waals surface area contributed by atoms with E-state index in [-0.39, 0.29) is 12.3 Å². The van der Waals surface area contributed by atoms with E-state index >= 15 is 0 Å². The molecule has 2 aromatic carbocycles. The van der Waals surface area contributed by atoms with Gasteiger partial charge in [0.05, 0.1) is 27.0 Å². The van der Waals surface area contributed by atoms with Crippen LogP contribution in [0.1, 0.15) is 12.3 Å². The Morgan fingerprint density at radius 1 is 1.04 bits per heavy atom. The number of hydrogen-bond acceptors (Lipinski definition) is 7. The quantitative estimate of drug-likeness (QED) is 0.637. The molecule has 0 spiro atoms. The molecule has 146 valence electrons. The first-order valence-corrected chi connectivity index (χ1v) is 8.62. The van der Waals surface area contributed by atoms with Gasteiger partial charge in [-0.15, -0.1) is 0 Å². The van der Waals surface area contributed by atoms with Gasteiger partial charge in [-0.1, -0.05) is 17.3 Å². The van der Waals surface area contributed by atoms with E-state index in [4.69, 9.17) is 18.7 Å². The molecule has 0 fully saturated rings. The Morgan fingerprint density at radius 2 is 1.82 bits per heavy atom. The van der Waals surface area contributed by atoms with Crippen molar-refractivity contribution in [2.24, 2.45) is 0 Å². The van der Waals surface area contributed by atoms with Gasteiger partial charge in [0.25, 0.3) is 0 Å². The highest BCUT2D eigenvalue weighted by atomic mass is 16.5. The van der Waals surface area contributed by atoms with E-state index in [1.165, 1.54) is 7.11 Å². The lowest BCUT2D eigenvalue weighted by atomic mass is 10.2. The number of aryl methyl sites for hydroxylation is 1. The first kappa shape index (κ1) is 19.2. The molecule has 1 N–H and O–H groups in total. The average Bonchev–Trinajstić information content (AvgIpc) is 3.21. The molecule has 0 saturated heterocycles.